The fourth-order valence-electron chi connectivity index (χ4n) is 2.62. The van der Waals surface area contributed by atoms with Crippen LogP contribution >= 0.6 is 0 Å². The van der Waals surface area contributed by atoms with Crippen molar-refractivity contribution in [2.24, 2.45) is 0 Å². The summed E-state index contributed by atoms with van der Waals surface area (Å²) in [6.45, 7) is 3.00. The second kappa shape index (κ2) is 4.67. The van der Waals surface area contributed by atoms with Crippen LogP contribution in [0.15, 0.2) is 24.5 Å². The lowest BCUT2D eigenvalue weighted by molar-refractivity contribution is -0.144. The van der Waals surface area contributed by atoms with E-state index in [9.17, 15) is 13.2 Å². The monoisotopic (exact) mass is 323 g/mol. The van der Waals surface area contributed by atoms with E-state index in [1.807, 2.05) is 21.8 Å². The van der Waals surface area contributed by atoms with E-state index in [2.05, 4.69) is 20.2 Å². The average Bonchev–Trinajstić information content (AvgIpc) is 3.04. The van der Waals surface area contributed by atoms with Gasteiger partial charge in [-0.3, -0.25) is 4.68 Å². The third kappa shape index (κ3) is 2.30. The smallest absolute Gasteiger partial charge is 0.352 e. The molecule has 3 aromatic rings. The van der Waals surface area contributed by atoms with Crippen LogP contribution in [-0.2, 0) is 6.18 Å². The van der Waals surface area contributed by atoms with E-state index < -0.39 is 12.0 Å². The number of rotatable bonds is 2. The van der Waals surface area contributed by atoms with E-state index in [0.717, 1.165) is 4.52 Å². The summed E-state index contributed by atoms with van der Waals surface area (Å²) in [7, 11) is 0. The minimum atomic E-state index is -4.59. The minimum absolute atomic E-state index is 0.0464. The van der Waals surface area contributed by atoms with Crippen molar-refractivity contribution in [2.45, 2.75) is 19.1 Å². The van der Waals surface area contributed by atoms with Crippen LogP contribution in [0, 0.1) is 6.92 Å². The zero-order valence-corrected chi connectivity index (χ0v) is 12.1. The lowest BCUT2D eigenvalue weighted by atomic mass is 10.1. The van der Waals surface area contributed by atoms with Gasteiger partial charge in [0.25, 0.3) is 11.6 Å². The van der Waals surface area contributed by atoms with Crippen molar-refractivity contribution < 1.29 is 13.2 Å². The molecule has 0 bridgehead atoms. The van der Waals surface area contributed by atoms with Gasteiger partial charge in [0, 0.05) is 37.2 Å². The number of aryl methyl sites for hydroxylation is 1. The van der Waals surface area contributed by atoms with Gasteiger partial charge in [-0.15, -0.1) is 5.10 Å². The maximum Gasteiger partial charge on any atom is 0.453 e. The van der Waals surface area contributed by atoms with Crippen LogP contribution < -0.4 is 4.90 Å². The highest BCUT2D eigenvalue weighted by atomic mass is 19.4. The Bertz CT molecular complexity index is 846. The first-order valence-corrected chi connectivity index (χ1v) is 6.97. The maximum absolute atomic E-state index is 12.8. The number of fused-ring (bicyclic) bond motifs is 1. The average molecular weight is 323 g/mol. The summed E-state index contributed by atoms with van der Waals surface area (Å²) in [5.74, 6) is -0.672. The highest BCUT2D eigenvalue weighted by Gasteiger charge is 2.38. The first-order chi connectivity index (χ1) is 10.9. The molecule has 120 valence electrons. The van der Waals surface area contributed by atoms with Gasteiger partial charge < -0.3 is 4.90 Å². The maximum atomic E-state index is 12.8. The fraction of sp³-hybridized carbons (Fsp3) is 0.385. The summed E-state index contributed by atoms with van der Waals surface area (Å²) >= 11 is 0. The molecule has 0 atom stereocenters. The Balaban J connectivity index is 1.69. The van der Waals surface area contributed by atoms with Crippen LogP contribution in [0.1, 0.15) is 17.6 Å². The van der Waals surface area contributed by atoms with E-state index in [1.165, 1.54) is 0 Å². The molecule has 0 amide bonds. The highest BCUT2D eigenvalue weighted by Crippen LogP contribution is 2.30. The predicted octanol–water partition coefficient (Wildman–Crippen LogP) is 1.71. The fourth-order valence-corrected chi connectivity index (χ4v) is 2.62. The summed E-state index contributed by atoms with van der Waals surface area (Å²) in [6.07, 6.45) is -1.03. The second-order valence-corrected chi connectivity index (χ2v) is 5.45. The molecule has 0 radical (unpaired) electrons. The molecule has 23 heavy (non-hydrogen) atoms. The second-order valence-electron chi connectivity index (χ2n) is 5.45. The minimum Gasteiger partial charge on any atom is -0.352 e. The molecule has 4 heterocycles. The van der Waals surface area contributed by atoms with E-state index >= 15 is 0 Å². The molecule has 1 aliphatic heterocycles. The molecule has 0 N–H and O–H groups in total. The van der Waals surface area contributed by atoms with Crippen LogP contribution in [0.2, 0.25) is 0 Å². The number of alkyl halides is 3. The third-order valence-corrected chi connectivity index (χ3v) is 3.76. The van der Waals surface area contributed by atoms with Crippen molar-refractivity contribution in [2.75, 3.05) is 18.0 Å². The van der Waals surface area contributed by atoms with E-state index in [-0.39, 0.29) is 11.8 Å². The van der Waals surface area contributed by atoms with Crippen molar-refractivity contribution in [1.29, 1.82) is 0 Å². The highest BCUT2D eigenvalue weighted by molar-refractivity contribution is 5.50. The van der Waals surface area contributed by atoms with Crippen molar-refractivity contribution in [3.8, 4) is 0 Å². The van der Waals surface area contributed by atoms with E-state index in [4.69, 9.17) is 0 Å². The zero-order valence-electron chi connectivity index (χ0n) is 12.1. The SMILES string of the molecule is Cc1cc(N2CC(n3cccn3)C2)n2nc(C(F)(F)F)nc2n1. The summed E-state index contributed by atoms with van der Waals surface area (Å²) in [5.41, 5.74) is 0.594. The van der Waals surface area contributed by atoms with Gasteiger partial charge in [-0.25, -0.2) is 4.98 Å². The largest absolute Gasteiger partial charge is 0.453 e. The third-order valence-electron chi connectivity index (χ3n) is 3.76. The molecule has 1 aliphatic rings. The molecule has 4 rings (SSSR count). The molecule has 1 fully saturated rings. The quantitative estimate of drug-likeness (QED) is 0.718. The Hall–Kier alpha value is -2.65. The summed E-state index contributed by atoms with van der Waals surface area (Å²) in [6, 6.07) is 3.74. The van der Waals surface area contributed by atoms with Gasteiger partial charge in [0.15, 0.2) is 0 Å². The Morgan fingerprint density at radius 3 is 2.65 bits per heavy atom. The molecule has 0 aromatic carbocycles. The van der Waals surface area contributed by atoms with E-state index in [1.54, 1.807) is 19.2 Å². The Labute approximate surface area is 128 Å². The van der Waals surface area contributed by atoms with E-state index in [0.29, 0.717) is 24.6 Å². The molecule has 0 aliphatic carbocycles. The molecule has 0 unspecified atom stereocenters. The Morgan fingerprint density at radius 2 is 2.00 bits per heavy atom. The Kier molecular flexibility index (Phi) is 2.84. The molecule has 10 heteroatoms. The number of nitrogens with zero attached hydrogens (tertiary/aromatic N) is 7. The topological polar surface area (TPSA) is 64.1 Å². The van der Waals surface area contributed by atoms with Gasteiger partial charge in [-0.05, 0) is 13.0 Å². The standard InChI is InChI=1S/C13H12F3N7/c1-8-5-10(21-6-9(7-21)22-4-2-3-17-22)23-12(18-8)19-11(20-23)13(14,15)16/h2-5,9H,6-7H2,1H3. The molecule has 0 spiro atoms. The van der Waals surface area contributed by atoms with Gasteiger partial charge in [-0.2, -0.15) is 27.8 Å². The lowest BCUT2D eigenvalue weighted by Gasteiger charge is -2.40. The van der Waals surface area contributed by atoms with Crippen LogP contribution in [0.4, 0.5) is 19.0 Å². The zero-order chi connectivity index (χ0) is 16.2. The predicted molar refractivity (Wildman–Crippen MR) is 74.0 cm³/mol. The van der Waals surface area contributed by atoms with Crippen molar-refractivity contribution in [1.82, 2.24) is 29.4 Å². The van der Waals surface area contributed by atoms with Crippen molar-refractivity contribution in [3.05, 3.63) is 36.0 Å². The van der Waals surface area contributed by atoms with Crippen molar-refractivity contribution in [3.63, 3.8) is 0 Å². The molecular weight excluding hydrogens is 311 g/mol. The number of hydrogen-bond acceptors (Lipinski definition) is 5. The van der Waals surface area contributed by atoms with Crippen LogP contribution in [-0.4, -0.2) is 42.5 Å². The van der Waals surface area contributed by atoms with Gasteiger partial charge in [0.1, 0.15) is 5.82 Å². The lowest BCUT2D eigenvalue weighted by Crippen LogP contribution is -2.48. The van der Waals surface area contributed by atoms with Crippen molar-refractivity contribution >= 4 is 11.6 Å². The summed E-state index contributed by atoms with van der Waals surface area (Å²) in [4.78, 5) is 9.45. The van der Waals surface area contributed by atoms with Gasteiger partial charge in [0.05, 0.1) is 6.04 Å². The molecule has 1 saturated heterocycles. The van der Waals surface area contributed by atoms with Crippen LogP contribution in [0.3, 0.4) is 0 Å². The number of aromatic nitrogens is 6. The first kappa shape index (κ1) is 14.0. The molecule has 7 nitrogen and oxygen atoms in total. The molecular formula is C13H12F3N7. The summed E-state index contributed by atoms with van der Waals surface area (Å²) in [5, 5.41) is 7.75. The molecule has 0 saturated carbocycles. The first-order valence-electron chi connectivity index (χ1n) is 6.97. The molecule has 3 aromatic heterocycles. The van der Waals surface area contributed by atoms with Gasteiger partial charge in [0.2, 0.25) is 0 Å². The Morgan fingerprint density at radius 1 is 1.22 bits per heavy atom. The number of halogens is 3. The van der Waals surface area contributed by atoms with Gasteiger partial charge >= 0.3 is 6.18 Å². The van der Waals surface area contributed by atoms with Crippen LogP contribution in [0.25, 0.3) is 5.78 Å². The van der Waals surface area contributed by atoms with Gasteiger partial charge in [-0.1, -0.05) is 0 Å². The summed E-state index contributed by atoms with van der Waals surface area (Å²) < 4.78 is 41.4. The number of hydrogen-bond donors (Lipinski definition) is 0. The van der Waals surface area contributed by atoms with Crippen LogP contribution in [0.5, 0.6) is 0 Å². The number of anilines is 1. The normalized spacial score (nSPS) is 16.1.